The van der Waals surface area contributed by atoms with Crippen molar-refractivity contribution in [3.63, 3.8) is 0 Å². The number of pyridine rings is 1. The number of thiophene rings is 1. The van der Waals surface area contributed by atoms with E-state index in [9.17, 15) is 0 Å². The number of hydrogen-bond donors (Lipinski definition) is 1. The van der Waals surface area contributed by atoms with Crippen LogP contribution in [-0.4, -0.2) is 11.0 Å². The van der Waals surface area contributed by atoms with Crippen molar-refractivity contribution >= 4 is 11.3 Å². The molecule has 2 nitrogen and oxygen atoms in total. The first kappa shape index (κ1) is 13.8. The topological polar surface area (TPSA) is 38.9 Å². The molecule has 0 amide bonds. The highest BCUT2D eigenvalue weighted by molar-refractivity contribution is 7.09. The van der Waals surface area contributed by atoms with Crippen LogP contribution in [0.15, 0.2) is 35.8 Å². The van der Waals surface area contributed by atoms with E-state index >= 15 is 0 Å². The number of fused-ring (bicyclic) bond motifs is 1. The van der Waals surface area contributed by atoms with Gasteiger partial charge in [-0.2, -0.15) is 0 Å². The first-order chi connectivity index (χ1) is 9.84. The van der Waals surface area contributed by atoms with Crippen LogP contribution in [0.25, 0.3) is 0 Å². The van der Waals surface area contributed by atoms with Gasteiger partial charge in [0.15, 0.2) is 0 Å². The van der Waals surface area contributed by atoms with Gasteiger partial charge in [-0.05, 0) is 61.6 Å². The van der Waals surface area contributed by atoms with Crippen LogP contribution >= 0.6 is 11.3 Å². The minimum absolute atomic E-state index is 0.254. The fourth-order valence-corrected chi connectivity index (χ4v) is 3.98. The average Bonchev–Trinajstić information content (AvgIpc) is 3.00. The van der Waals surface area contributed by atoms with Crippen molar-refractivity contribution in [3.05, 3.63) is 52.0 Å². The molecule has 2 atom stereocenters. The summed E-state index contributed by atoms with van der Waals surface area (Å²) in [6.07, 6.45) is 8.97. The summed E-state index contributed by atoms with van der Waals surface area (Å²) in [5.74, 6) is 0.461. The van der Waals surface area contributed by atoms with Crippen molar-refractivity contribution in [1.29, 1.82) is 0 Å². The molecule has 2 N–H and O–H groups in total. The Kier molecular flexibility index (Phi) is 4.48. The van der Waals surface area contributed by atoms with E-state index in [4.69, 9.17) is 5.73 Å². The summed E-state index contributed by atoms with van der Waals surface area (Å²) in [4.78, 5) is 6.07. The van der Waals surface area contributed by atoms with Crippen LogP contribution in [-0.2, 0) is 12.8 Å². The van der Waals surface area contributed by atoms with Gasteiger partial charge in [0.25, 0.3) is 0 Å². The predicted molar refractivity (Wildman–Crippen MR) is 85.1 cm³/mol. The first-order valence-electron chi connectivity index (χ1n) is 7.56. The summed E-state index contributed by atoms with van der Waals surface area (Å²) in [6, 6.07) is 8.86. The summed E-state index contributed by atoms with van der Waals surface area (Å²) in [5.41, 5.74) is 9.15. The van der Waals surface area contributed by atoms with E-state index in [1.54, 1.807) is 0 Å². The standard InChI is InChI=1S/C17H22N2S/c18-16(10-2-7-14-8-4-12-20-14)15-9-1-5-13-6-3-11-19-17(13)15/h3-4,6,8,11-12,15-16H,1-2,5,7,9-10,18H2. The highest BCUT2D eigenvalue weighted by Gasteiger charge is 2.26. The maximum atomic E-state index is 6.47. The van der Waals surface area contributed by atoms with Crippen molar-refractivity contribution in [1.82, 2.24) is 4.98 Å². The monoisotopic (exact) mass is 286 g/mol. The molecule has 2 unspecified atom stereocenters. The molecule has 0 saturated carbocycles. The van der Waals surface area contributed by atoms with E-state index in [1.807, 2.05) is 23.6 Å². The highest BCUT2D eigenvalue weighted by atomic mass is 32.1. The second-order valence-corrected chi connectivity index (χ2v) is 6.71. The zero-order chi connectivity index (χ0) is 13.8. The molecule has 0 spiro atoms. The summed E-state index contributed by atoms with van der Waals surface area (Å²) in [7, 11) is 0. The number of aryl methyl sites for hydroxylation is 2. The molecule has 0 bridgehead atoms. The van der Waals surface area contributed by atoms with E-state index in [0.29, 0.717) is 5.92 Å². The summed E-state index contributed by atoms with van der Waals surface area (Å²) < 4.78 is 0. The minimum atomic E-state index is 0.254. The smallest absolute Gasteiger partial charge is 0.0481 e. The van der Waals surface area contributed by atoms with E-state index < -0.39 is 0 Å². The quantitative estimate of drug-likeness (QED) is 0.905. The molecule has 3 rings (SSSR count). The van der Waals surface area contributed by atoms with E-state index in [0.717, 1.165) is 12.8 Å². The highest BCUT2D eigenvalue weighted by Crippen LogP contribution is 2.33. The molecule has 1 aliphatic rings. The molecular formula is C17H22N2S. The Morgan fingerprint density at radius 2 is 2.30 bits per heavy atom. The third-order valence-corrected chi connectivity index (χ3v) is 5.23. The lowest BCUT2D eigenvalue weighted by Gasteiger charge is -2.29. The van der Waals surface area contributed by atoms with Crippen molar-refractivity contribution in [2.24, 2.45) is 5.73 Å². The van der Waals surface area contributed by atoms with Crippen LogP contribution in [0.3, 0.4) is 0 Å². The number of nitrogens with two attached hydrogens (primary N) is 1. The van der Waals surface area contributed by atoms with Crippen molar-refractivity contribution < 1.29 is 0 Å². The van der Waals surface area contributed by atoms with Gasteiger partial charge in [-0.3, -0.25) is 4.98 Å². The van der Waals surface area contributed by atoms with Gasteiger partial charge in [-0.1, -0.05) is 12.1 Å². The third-order valence-electron chi connectivity index (χ3n) is 4.30. The molecular weight excluding hydrogens is 264 g/mol. The van der Waals surface area contributed by atoms with Crippen LogP contribution in [0.2, 0.25) is 0 Å². The van der Waals surface area contributed by atoms with E-state index in [1.165, 1.54) is 41.8 Å². The molecule has 1 aliphatic carbocycles. The van der Waals surface area contributed by atoms with Crippen molar-refractivity contribution in [2.45, 2.75) is 50.5 Å². The predicted octanol–water partition coefficient (Wildman–Crippen LogP) is 3.91. The van der Waals surface area contributed by atoms with Crippen LogP contribution < -0.4 is 5.73 Å². The molecule has 0 aliphatic heterocycles. The van der Waals surface area contributed by atoms with Gasteiger partial charge < -0.3 is 5.73 Å². The molecule has 0 fully saturated rings. The largest absolute Gasteiger partial charge is 0.327 e. The second-order valence-electron chi connectivity index (χ2n) is 5.68. The summed E-state index contributed by atoms with van der Waals surface area (Å²) in [5, 5.41) is 2.15. The maximum absolute atomic E-state index is 6.47. The Labute approximate surface area is 125 Å². The number of hydrogen-bond acceptors (Lipinski definition) is 3. The van der Waals surface area contributed by atoms with Gasteiger partial charge in [0.05, 0.1) is 0 Å². The Bertz CT molecular complexity index is 536. The lowest BCUT2D eigenvalue weighted by Crippen LogP contribution is -2.31. The summed E-state index contributed by atoms with van der Waals surface area (Å²) >= 11 is 1.85. The van der Waals surface area contributed by atoms with E-state index in [-0.39, 0.29) is 6.04 Å². The van der Waals surface area contributed by atoms with Crippen LogP contribution in [0.5, 0.6) is 0 Å². The van der Waals surface area contributed by atoms with Crippen molar-refractivity contribution in [3.8, 4) is 0 Å². The van der Waals surface area contributed by atoms with Crippen LogP contribution in [0, 0.1) is 0 Å². The molecule has 106 valence electrons. The lowest BCUT2D eigenvalue weighted by atomic mass is 9.81. The Balaban J connectivity index is 1.59. The lowest BCUT2D eigenvalue weighted by molar-refractivity contribution is 0.425. The molecule has 2 aromatic heterocycles. The second kappa shape index (κ2) is 6.51. The van der Waals surface area contributed by atoms with Gasteiger partial charge in [0.2, 0.25) is 0 Å². The van der Waals surface area contributed by atoms with Gasteiger partial charge >= 0.3 is 0 Å². The van der Waals surface area contributed by atoms with Crippen LogP contribution in [0.4, 0.5) is 0 Å². The number of rotatable bonds is 5. The third kappa shape index (κ3) is 3.10. The van der Waals surface area contributed by atoms with Gasteiger partial charge in [-0.15, -0.1) is 11.3 Å². The molecule has 0 aromatic carbocycles. The Morgan fingerprint density at radius 1 is 1.35 bits per heavy atom. The number of aromatic nitrogens is 1. The molecule has 0 radical (unpaired) electrons. The zero-order valence-corrected chi connectivity index (χ0v) is 12.6. The zero-order valence-electron chi connectivity index (χ0n) is 11.8. The molecule has 0 saturated heterocycles. The normalized spacial score (nSPS) is 19.6. The average molecular weight is 286 g/mol. The van der Waals surface area contributed by atoms with Crippen molar-refractivity contribution in [2.75, 3.05) is 0 Å². The Hall–Kier alpha value is -1.19. The fourth-order valence-electron chi connectivity index (χ4n) is 3.23. The Morgan fingerprint density at radius 3 is 3.15 bits per heavy atom. The molecule has 3 heteroatoms. The molecule has 20 heavy (non-hydrogen) atoms. The first-order valence-corrected chi connectivity index (χ1v) is 8.44. The van der Waals surface area contributed by atoms with Gasteiger partial charge in [0, 0.05) is 28.7 Å². The molecule has 2 aromatic rings. The molecule has 2 heterocycles. The van der Waals surface area contributed by atoms with Gasteiger partial charge in [0.1, 0.15) is 0 Å². The number of nitrogens with zero attached hydrogens (tertiary/aromatic N) is 1. The SMILES string of the molecule is NC(CCCc1cccs1)C1CCCc2cccnc21. The van der Waals surface area contributed by atoms with Gasteiger partial charge in [-0.25, -0.2) is 0 Å². The minimum Gasteiger partial charge on any atom is -0.327 e. The maximum Gasteiger partial charge on any atom is 0.0481 e. The summed E-state index contributed by atoms with van der Waals surface area (Å²) in [6.45, 7) is 0. The van der Waals surface area contributed by atoms with E-state index in [2.05, 4.69) is 28.6 Å². The van der Waals surface area contributed by atoms with Crippen LogP contribution in [0.1, 0.15) is 47.7 Å². The fraction of sp³-hybridized carbons (Fsp3) is 0.471.